The monoisotopic (exact) mass is 239 g/mol. The topological polar surface area (TPSA) is 89.8 Å². The van der Waals surface area contributed by atoms with Gasteiger partial charge in [0.15, 0.2) is 0 Å². The van der Waals surface area contributed by atoms with E-state index in [2.05, 4.69) is 5.32 Å². The maximum absolute atomic E-state index is 10.7. The van der Waals surface area contributed by atoms with Crippen molar-refractivity contribution >= 4 is 5.91 Å². The number of amides is 1. The maximum atomic E-state index is 10.7. The van der Waals surface area contributed by atoms with Gasteiger partial charge in [-0.2, -0.15) is 0 Å². The van der Waals surface area contributed by atoms with Gasteiger partial charge < -0.3 is 20.6 Å². The van der Waals surface area contributed by atoms with Crippen LogP contribution in [0.2, 0.25) is 0 Å². The highest BCUT2D eigenvalue weighted by Crippen LogP contribution is 2.24. The summed E-state index contributed by atoms with van der Waals surface area (Å²) in [5.41, 5.74) is 1.21. The highest BCUT2D eigenvalue weighted by atomic mass is 16.3. The minimum Gasteiger partial charge on any atom is -0.508 e. The number of hydrogen-bond donors (Lipinski definition) is 4. The number of phenolic OH excluding ortho intramolecular Hbond substituents is 1. The third kappa shape index (κ3) is 3.72. The van der Waals surface area contributed by atoms with Gasteiger partial charge in [-0.1, -0.05) is 6.07 Å². The van der Waals surface area contributed by atoms with Crippen molar-refractivity contribution in [2.45, 2.75) is 26.1 Å². The molecule has 0 aliphatic carbocycles. The van der Waals surface area contributed by atoms with Crippen LogP contribution < -0.4 is 5.32 Å². The molecule has 0 aromatic heterocycles. The second kappa shape index (κ2) is 5.65. The van der Waals surface area contributed by atoms with Crippen LogP contribution in [0.1, 0.15) is 24.2 Å². The lowest BCUT2D eigenvalue weighted by Crippen LogP contribution is -2.34. The summed E-state index contributed by atoms with van der Waals surface area (Å²) in [4.78, 5) is 10.7. The fourth-order valence-electron chi connectivity index (χ4n) is 1.51. The molecule has 4 N–H and O–H groups in total. The van der Waals surface area contributed by atoms with Gasteiger partial charge in [-0.05, 0) is 30.2 Å². The van der Waals surface area contributed by atoms with E-state index in [1.807, 2.05) is 0 Å². The molecule has 5 nitrogen and oxygen atoms in total. The van der Waals surface area contributed by atoms with Gasteiger partial charge in [0.25, 0.3) is 0 Å². The highest BCUT2D eigenvalue weighted by molar-refractivity contribution is 5.72. The molecule has 0 saturated carbocycles. The lowest BCUT2D eigenvalue weighted by Gasteiger charge is -2.20. The summed E-state index contributed by atoms with van der Waals surface area (Å²) in [6.45, 7) is 3.06. The molecule has 1 amide bonds. The first kappa shape index (κ1) is 13.5. The van der Waals surface area contributed by atoms with Gasteiger partial charge in [0.1, 0.15) is 18.0 Å². The molecule has 1 aromatic carbocycles. The average Bonchev–Trinajstić information content (AvgIpc) is 2.28. The van der Waals surface area contributed by atoms with Crippen LogP contribution in [0.4, 0.5) is 0 Å². The second-order valence-electron chi connectivity index (χ2n) is 3.99. The Morgan fingerprint density at radius 2 is 2.06 bits per heavy atom. The van der Waals surface area contributed by atoms with Crippen molar-refractivity contribution in [3.63, 3.8) is 0 Å². The highest BCUT2D eigenvalue weighted by Gasteiger charge is 2.20. The molecule has 0 aliphatic heterocycles. The minimum absolute atomic E-state index is 0.0244. The van der Waals surface area contributed by atoms with E-state index in [-0.39, 0.29) is 18.2 Å². The lowest BCUT2D eigenvalue weighted by molar-refractivity contribution is -0.119. The summed E-state index contributed by atoms with van der Waals surface area (Å²) >= 11 is 0. The van der Waals surface area contributed by atoms with Gasteiger partial charge in [-0.15, -0.1) is 0 Å². The van der Waals surface area contributed by atoms with Crippen LogP contribution >= 0.6 is 0 Å². The van der Waals surface area contributed by atoms with Crippen LogP contribution in [0.5, 0.6) is 5.75 Å². The first-order chi connectivity index (χ1) is 7.91. The SMILES string of the molecule is CC(=O)NCC(O)C(O)c1cc(O)ccc1C. The molecule has 0 radical (unpaired) electrons. The fraction of sp³-hybridized carbons (Fsp3) is 0.417. The Morgan fingerprint density at radius 1 is 1.41 bits per heavy atom. The molecule has 1 aromatic rings. The molecular weight excluding hydrogens is 222 g/mol. The number of carbonyl (C=O) groups is 1. The van der Waals surface area contributed by atoms with E-state index in [9.17, 15) is 20.1 Å². The molecule has 94 valence electrons. The smallest absolute Gasteiger partial charge is 0.216 e. The summed E-state index contributed by atoms with van der Waals surface area (Å²) in [5, 5.41) is 31.3. The fourth-order valence-corrected chi connectivity index (χ4v) is 1.51. The van der Waals surface area contributed by atoms with Crippen molar-refractivity contribution in [3.8, 4) is 5.75 Å². The lowest BCUT2D eigenvalue weighted by atomic mass is 9.99. The molecule has 2 unspecified atom stereocenters. The number of nitrogens with one attached hydrogen (secondary N) is 1. The molecule has 0 heterocycles. The Labute approximate surface area is 99.7 Å². The number of phenols is 1. The number of aliphatic hydroxyl groups excluding tert-OH is 2. The first-order valence-electron chi connectivity index (χ1n) is 5.32. The van der Waals surface area contributed by atoms with Crippen LogP contribution in [-0.4, -0.2) is 33.9 Å². The molecule has 2 atom stereocenters. The zero-order valence-corrected chi connectivity index (χ0v) is 9.84. The van der Waals surface area contributed by atoms with E-state index < -0.39 is 12.2 Å². The zero-order chi connectivity index (χ0) is 13.0. The summed E-state index contributed by atoms with van der Waals surface area (Å²) < 4.78 is 0. The third-order valence-electron chi connectivity index (χ3n) is 2.51. The Kier molecular flexibility index (Phi) is 4.48. The quantitative estimate of drug-likeness (QED) is 0.605. The Bertz CT molecular complexity index is 405. The number of carbonyl (C=O) groups excluding carboxylic acids is 1. The largest absolute Gasteiger partial charge is 0.508 e. The van der Waals surface area contributed by atoms with Crippen molar-refractivity contribution < 1.29 is 20.1 Å². The van der Waals surface area contributed by atoms with E-state index in [0.717, 1.165) is 5.56 Å². The van der Waals surface area contributed by atoms with E-state index >= 15 is 0 Å². The molecule has 0 saturated heterocycles. The van der Waals surface area contributed by atoms with Crippen LogP contribution in [0.25, 0.3) is 0 Å². The normalized spacial score (nSPS) is 14.1. The van der Waals surface area contributed by atoms with Gasteiger partial charge in [-0.25, -0.2) is 0 Å². The Balaban J connectivity index is 2.77. The third-order valence-corrected chi connectivity index (χ3v) is 2.51. The zero-order valence-electron chi connectivity index (χ0n) is 9.84. The molecule has 0 spiro atoms. The maximum Gasteiger partial charge on any atom is 0.216 e. The summed E-state index contributed by atoms with van der Waals surface area (Å²) in [6.07, 6.45) is -2.26. The standard InChI is InChI=1S/C12H17NO4/c1-7-3-4-9(15)5-10(7)12(17)11(16)6-13-8(2)14/h3-5,11-12,15-17H,6H2,1-2H3,(H,13,14). The summed E-state index contributed by atoms with van der Waals surface area (Å²) in [7, 11) is 0. The van der Waals surface area contributed by atoms with Crippen LogP contribution in [0, 0.1) is 6.92 Å². The van der Waals surface area contributed by atoms with Crippen molar-refractivity contribution in [3.05, 3.63) is 29.3 Å². The first-order valence-corrected chi connectivity index (χ1v) is 5.32. The van der Waals surface area contributed by atoms with Gasteiger partial charge in [0.2, 0.25) is 5.91 Å². The number of aliphatic hydroxyl groups is 2. The number of aryl methyl sites for hydroxylation is 1. The van der Waals surface area contributed by atoms with Gasteiger partial charge in [0.05, 0.1) is 0 Å². The number of aromatic hydroxyl groups is 1. The predicted molar refractivity (Wildman–Crippen MR) is 62.5 cm³/mol. The minimum atomic E-state index is -1.14. The summed E-state index contributed by atoms with van der Waals surface area (Å²) in [5.74, 6) is -0.250. The Morgan fingerprint density at radius 3 is 2.65 bits per heavy atom. The van der Waals surface area contributed by atoms with E-state index in [1.54, 1.807) is 13.0 Å². The number of benzene rings is 1. The van der Waals surface area contributed by atoms with Gasteiger partial charge in [-0.3, -0.25) is 4.79 Å². The van der Waals surface area contributed by atoms with E-state index in [4.69, 9.17) is 0 Å². The molecule has 0 fully saturated rings. The molecule has 0 bridgehead atoms. The van der Waals surface area contributed by atoms with Crippen LogP contribution in [0.15, 0.2) is 18.2 Å². The van der Waals surface area contributed by atoms with Crippen molar-refractivity contribution in [1.29, 1.82) is 0 Å². The molecule has 17 heavy (non-hydrogen) atoms. The van der Waals surface area contributed by atoms with Crippen LogP contribution in [-0.2, 0) is 4.79 Å². The number of rotatable bonds is 4. The number of hydrogen-bond acceptors (Lipinski definition) is 4. The summed E-state index contributed by atoms with van der Waals surface area (Å²) in [6, 6.07) is 4.56. The van der Waals surface area contributed by atoms with E-state index in [0.29, 0.717) is 5.56 Å². The van der Waals surface area contributed by atoms with Crippen molar-refractivity contribution in [2.24, 2.45) is 0 Å². The second-order valence-corrected chi connectivity index (χ2v) is 3.99. The van der Waals surface area contributed by atoms with Gasteiger partial charge >= 0.3 is 0 Å². The van der Waals surface area contributed by atoms with Crippen molar-refractivity contribution in [1.82, 2.24) is 5.32 Å². The van der Waals surface area contributed by atoms with Crippen LogP contribution in [0.3, 0.4) is 0 Å². The average molecular weight is 239 g/mol. The Hall–Kier alpha value is -1.59. The van der Waals surface area contributed by atoms with Gasteiger partial charge in [0, 0.05) is 13.5 Å². The molecule has 1 rings (SSSR count). The van der Waals surface area contributed by atoms with E-state index in [1.165, 1.54) is 19.1 Å². The van der Waals surface area contributed by atoms with Crippen molar-refractivity contribution in [2.75, 3.05) is 6.54 Å². The molecule has 0 aliphatic rings. The molecule has 5 heteroatoms. The predicted octanol–water partition coefficient (Wildman–Crippen LogP) is 0.231. The molecular formula is C12H17NO4.